The average Bonchev–Trinajstić information content (AvgIpc) is 3.03. The van der Waals surface area contributed by atoms with E-state index in [1.165, 1.54) is 0 Å². The monoisotopic (exact) mass is 404 g/mol. The highest BCUT2D eigenvalue weighted by atomic mass is 16.5. The SMILES string of the molecule is Cc1ccccc1C1CC(O)C(O)C1NC(=O)c1cccnc1Oc1ccccc1. The Morgan fingerprint density at radius 3 is 2.53 bits per heavy atom. The molecule has 1 saturated carbocycles. The van der Waals surface area contributed by atoms with Crippen molar-refractivity contribution in [2.45, 2.75) is 37.5 Å². The van der Waals surface area contributed by atoms with Gasteiger partial charge in [-0.1, -0.05) is 42.5 Å². The molecule has 0 spiro atoms. The third-order valence-corrected chi connectivity index (χ3v) is 5.55. The zero-order valence-corrected chi connectivity index (χ0v) is 16.6. The first-order chi connectivity index (χ1) is 14.5. The minimum atomic E-state index is -1.06. The van der Waals surface area contributed by atoms with E-state index in [9.17, 15) is 15.0 Å². The van der Waals surface area contributed by atoms with E-state index in [-0.39, 0.29) is 17.4 Å². The number of aliphatic hydroxyl groups excluding tert-OH is 2. The topological polar surface area (TPSA) is 91.7 Å². The van der Waals surface area contributed by atoms with Crippen molar-refractivity contribution in [3.05, 3.63) is 89.6 Å². The Morgan fingerprint density at radius 1 is 1.03 bits per heavy atom. The van der Waals surface area contributed by atoms with Crippen LogP contribution in [0.25, 0.3) is 0 Å². The summed E-state index contributed by atoms with van der Waals surface area (Å²) in [5.41, 5.74) is 2.32. The molecule has 3 aromatic rings. The Morgan fingerprint density at radius 2 is 1.77 bits per heavy atom. The van der Waals surface area contributed by atoms with Crippen molar-refractivity contribution in [3.63, 3.8) is 0 Å². The summed E-state index contributed by atoms with van der Waals surface area (Å²) in [7, 11) is 0. The van der Waals surface area contributed by atoms with Crippen LogP contribution in [0.5, 0.6) is 11.6 Å². The first-order valence-corrected chi connectivity index (χ1v) is 9.95. The first-order valence-electron chi connectivity index (χ1n) is 9.95. The van der Waals surface area contributed by atoms with E-state index in [4.69, 9.17) is 4.74 Å². The molecule has 4 unspecified atom stereocenters. The number of pyridine rings is 1. The highest BCUT2D eigenvalue weighted by Gasteiger charge is 2.43. The van der Waals surface area contributed by atoms with E-state index >= 15 is 0 Å². The molecule has 6 nitrogen and oxygen atoms in total. The highest BCUT2D eigenvalue weighted by molar-refractivity contribution is 5.96. The van der Waals surface area contributed by atoms with Gasteiger partial charge in [0.1, 0.15) is 17.4 Å². The number of amides is 1. The molecule has 1 heterocycles. The van der Waals surface area contributed by atoms with Crippen molar-refractivity contribution < 1.29 is 19.7 Å². The Bertz CT molecular complexity index is 1020. The average molecular weight is 404 g/mol. The number of ether oxygens (including phenoxy) is 1. The van der Waals surface area contributed by atoms with Crippen molar-refractivity contribution >= 4 is 5.91 Å². The number of carbonyl (C=O) groups excluding carboxylic acids is 1. The Kier molecular flexibility index (Phi) is 5.79. The van der Waals surface area contributed by atoms with Gasteiger partial charge in [0.05, 0.1) is 12.1 Å². The molecule has 1 aliphatic rings. The van der Waals surface area contributed by atoms with Crippen LogP contribution >= 0.6 is 0 Å². The normalized spacial score (nSPS) is 23.2. The van der Waals surface area contributed by atoms with E-state index in [1.807, 2.05) is 49.4 Å². The Hall–Kier alpha value is -3.22. The van der Waals surface area contributed by atoms with Crippen LogP contribution in [-0.2, 0) is 0 Å². The number of nitrogens with zero attached hydrogens (tertiary/aromatic N) is 1. The van der Waals surface area contributed by atoms with Gasteiger partial charge in [0.25, 0.3) is 5.91 Å². The van der Waals surface area contributed by atoms with Gasteiger partial charge < -0.3 is 20.3 Å². The summed E-state index contributed by atoms with van der Waals surface area (Å²) in [5, 5.41) is 23.8. The second-order valence-corrected chi connectivity index (χ2v) is 7.53. The van der Waals surface area contributed by atoms with E-state index < -0.39 is 24.2 Å². The number of nitrogens with one attached hydrogen (secondary N) is 1. The summed E-state index contributed by atoms with van der Waals surface area (Å²) < 4.78 is 5.79. The molecular weight excluding hydrogens is 380 g/mol. The minimum absolute atomic E-state index is 0.182. The summed E-state index contributed by atoms with van der Waals surface area (Å²) in [4.78, 5) is 17.3. The molecule has 4 rings (SSSR count). The number of hydrogen-bond acceptors (Lipinski definition) is 5. The fourth-order valence-electron chi connectivity index (χ4n) is 4.01. The Balaban J connectivity index is 1.59. The third-order valence-electron chi connectivity index (χ3n) is 5.55. The molecule has 0 aliphatic heterocycles. The molecule has 0 radical (unpaired) electrons. The maximum Gasteiger partial charge on any atom is 0.257 e. The lowest BCUT2D eigenvalue weighted by molar-refractivity contribution is 0.0294. The maximum absolute atomic E-state index is 13.1. The second kappa shape index (κ2) is 8.65. The molecule has 1 aromatic heterocycles. The summed E-state index contributed by atoms with van der Waals surface area (Å²) in [5.74, 6) is 0.141. The number of benzene rings is 2. The van der Waals surface area contributed by atoms with Crippen LogP contribution < -0.4 is 10.1 Å². The molecule has 30 heavy (non-hydrogen) atoms. The van der Waals surface area contributed by atoms with E-state index in [0.717, 1.165) is 11.1 Å². The number of rotatable bonds is 5. The van der Waals surface area contributed by atoms with E-state index in [2.05, 4.69) is 10.3 Å². The maximum atomic E-state index is 13.1. The highest BCUT2D eigenvalue weighted by Crippen LogP contribution is 2.37. The van der Waals surface area contributed by atoms with Crippen LogP contribution in [0, 0.1) is 6.92 Å². The molecular formula is C24H24N2O4. The Labute approximate surface area is 175 Å². The molecule has 6 heteroatoms. The third kappa shape index (κ3) is 4.06. The fourth-order valence-corrected chi connectivity index (χ4v) is 4.01. The van der Waals surface area contributed by atoms with E-state index in [1.54, 1.807) is 30.5 Å². The molecule has 0 bridgehead atoms. The number of aliphatic hydroxyl groups is 2. The predicted molar refractivity (Wildman–Crippen MR) is 113 cm³/mol. The summed E-state index contributed by atoms with van der Waals surface area (Å²) in [6.07, 6.45) is -0.0425. The lowest BCUT2D eigenvalue weighted by Crippen LogP contribution is -2.45. The van der Waals surface area contributed by atoms with Gasteiger partial charge in [-0.05, 0) is 48.7 Å². The van der Waals surface area contributed by atoms with Gasteiger partial charge in [0.15, 0.2) is 0 Å². The minimum Gasteiger partial charge on any atom is -0.438 e. The van der Waals surface area contributed by atoms with Crippen LogP contribution in [0.2, 0.25) is 0 Å². The van der Waals surface area contributed by atoms with Crippen LogP contribution in [0.15, 0.2) is 72.9 Å². The van der Waals surface area contributed by atoms with Crippen LogP contribution in [0.1, 0.15) is 33.8 Å². The van der Waals surface area contributed by atoms with Crippen molar-refractivity contribution in [1.82, 2.24) is 10.3 Å². The predicted octanol–water partition coefficient (Wildman–Crippen LogP) is 3.19. The smallest absolute Gasteiger partial charge is 0.257 e. The molecule has 1 amide bonds. The zero-order valence-electron chi connectivity index (χ0n) is 16.6. The molecule has 2 aromatic carbocycles. The lowest BCUT2D eigenvalue weighted by atomic mass is 9.90. The van der Waals surface area contributed by atoms with Gasteiger partial charge in [-0.2, -0.15) is 0 Å². The molecule has 154 valence electrons. The molecule has 1 fully saturated rings. The standard InChI is InChI=1S/C24H24N2O4/c1-15-8-5-6-11-17(15)19-14-20(27)22(28)21(19)26-23(29)18-12-7-13-25-24(18)30-16-9-3-2-4-10-16/h2-13,19-22,27-28H,14H2,1H3,(H,26,29). The van der Waals surface area contributed by atoms with Crippen LogP contribution in [0.4, 0.5) is 0 Å². The van der Waals surface area contributed by atoms with Crippen molar-refractivity contribution in [1.29, 1.82) is 0 Å². The molecule has 3 N–H and O–H groups in total. The van der Waals surface area contributed by atoms with Crippen LogP contribution in [0.3, 0.4) is 0 Å². The van der Waals surface area contributed by atoms with Gasteiger partial charge >= 0.3 is 0 Å². The van der Waals surface area contributed by atoms with Crippen LogP contribution in [-0.4, -0.2) is 39.4 Å². The number of para-hydroxylation sites is 1. The quantitative estimate of drug-likeness (QED) is 0.607. The van der Waals surface area contributed by atoms with E-state index in [0.29, 0.717) is 12.2 Å². The van der Waals surface area contributed by atoms with Gasteiger partial charge in [0.2, 0.25) is 5.88 Å². The van der Waals surface area contributed by atoms with Gasteiger partial charge in [-0.15, -0.1) is 0 Å². The number of carbonyl (C=O) groups is 1. The number of aromatic nitrogens is 1. The first kappa shape index (κ1) is 20.1. The second-order valence-electron chi connectivity index (χ2n) is 7.53. The zero-order chi connectivity index (χ0) is 21.1. The summed E-state index contributed by atoms with van der Waals surface area (Å²) >= 11 is 0. The molecule has 0 saturated heterocycles. The van der Waals surface area contributed by atoms with Crippen molar-refractivity contribution in [2.24, 2.45) is 0 Å². The lowest BCUT2D eigenvalue weighted by Gasteiger charge is -2.25. The largest absolute Gasteiger partial charge is 0.438 e. The van der Waals surface area contributed by atoms with Crippen molar-refractivity contribution in [2.75, 3.05) is 0 Å². The number of hydrogen-bond donors (Lipinski definition) is 3. The summed E-state index contributed by atoms with van der Waals surface area (Å²) in [6.45, 7) is 1.98. The molecule has 1 aliphatic carbocycles. The fraction of sp³-hybridized carbons (Fsp3) is 0.250. The number of aryl methyl sites for hydroxylation is 1. The van der Waals surface area contributed by atoms with Gasteiger partial charge in [-0.25, -0.2) is 4.98 Å². The van der Waals surface area contributed by atoms with Gasteiger partial charge in [-0.3, -0.25) is 4.79 Å². The molecule has 4 atom stereocenters. The summed E-state index contributed by atoms with van der Waals surface area (Å²) in [6, 6.07) is 19.6. The van der Waals surface area contributed by atoms with Gasteiger partial charge in [0, 0.05) is 12.1 Å². The van der Waals surface area contributed by atoms with Crippen molar-refractivity contribution in [3.8, 4) is 11.6 Å².